The monoisotopic (exact) mass is 522 g/mol. The van der Waals surface area contributed by atoms with Crippen molar-refractivity contribution >= 4 is 44.5 Å². The second-order valence-electron chi connectivity index (χ2n) is 8.62. The SMILES string of the molecule is C=C[C@@H]1C[C@@]2(C(=O)N(CCC)c3ccc(Br)cc32)[C@H](c2cccs2)N1c1ccc(OC)cc1. The second-order valence-corrected chi connectivity index (χ2v) is 10.5. The minimum atomic E-state index is -0.683. The minimum absolute atomic E-state index is 0.0165. The molecule has 1 fully saturated rings. The number of rotatable bonds is 6. The van der Waals surface area contributed by atoms with Crippen LogP contribution in [0.1, 0.15) is 36.2 Å². The maximum atomic E-state index is 14.4. The van der Waals surface area contributed by atoms with Gasteiger partial charge in [0.15, 0.2) is 0 Å². The van der Waals surface area contributed by atoms with Crippen LogP contribution in [0.3, 0.4) is 0 Å². The highest BCUT2D eigenvalue weighted by Gasteiger charge is 2.63. The molecular weight excluding hydrogens is 496 g/mol. The number of nitrogens with zero attached hydrogens (tertiary/aromatic N) is 2. The van der Waals surface area contributed by atoms with E-state index >= 15 is 0 Å². The van der Waals surface area contributed by atoms with Crippen LogP contribution in [-0.2, 0) is 10.2 Å². The first-order valence-corrected chi connectivity index (χ1v) is 12.9. The van der Waals surface area contributed by atoms with E-state index in [1.54, 1.807) is 18.4 Å². The fourth-order valence-corrected chi connectivity index (χ4v) is 6.84. The average Bonchev–Trinajstić information content (AvgIpc) is 3.53. The first kappa shape index (κ1) is 22.2. The fourth-order valence-electron chi connectivity index (χ4n) is 5.56. The molecule has 0 radical (unpaired) electrons. The number of fused-ring (bicyclic) bond motifs is 2. The van der Waals surface area contributed by atoms with Crippen LogP contribution in [0.5, 0.6) is 5.75 Å². The van der Waals surface area contributed by atoms with E-state index in [9.17, 15) is 4.79 Å². The van der Waals surface area contributed by atoms with Gasteiger partial charge in [0.1, 0.15) is 11.2 Å². The number of halogens is 1. The number of anilines is 2. The van der Waals surface area contributed by atoms with E-state index in [1.165, 1.54) is 4.88 Å². The molecule has 3 heterocycles. The van der Waals surface area contributed by atoms with Crippen molar-refractivity contribution in [3.8, 4) is 5.75 Å². The molecule has 33 heavy (non-hydrogen) atoms. The van der Waals surface area contributed by atoms with Gasteiger partial charge in [0.2, 0.25) is 5.91 Å². The first-order valence-electron chi connectivity index (χ1n) is 11.3. The normalized spacial score (nSPS) is 23.9. The summed E-state index contributed by atoms with van der Waals surface area (Å²) >= 11 is 5.39. The van der Waals surface area contributed by atoms with Gasteiger partial charge >= 0.3 is 0 Å². The van der Waals surface area contributed by atoms with Crippen LogP contribution in [0.15, 0.2) is 77.1 Å². The Morgan fingerprint density at radius 2 is 2.03 bits per heavy atom. The van der Waals surface area contributed by atoms with Gasteiger partial charge in [-0.15, -0.1) is 17.9 Å². The molecule has 6 heteroatoms. The van der Waals surface area contributed by atoms with Crippen molar-refractivity contribution in [3.05, 3.63) is 87.5 Å². The van der Waals surface area contributed by atoms with Crippen LogP contribution < -0.4 is 14.5 Å². The van der Waals surface area contributed by atoms with E-state index < -0.39 is 5.41 Å². The highest BCUT2D eigenvalue weighted by molar-refractivity contribution is 9.10. The molecule has 0 N–H and O–H groups in total. The molecule has 5 rings (SSSR count). The van der Waals surface area contributed by atoms with Crippen molar-refractivity contribution in [2.45, 2.75) is 37.3 Å². The van der Waals surface area contributed by atoms with Crippen molar-refractivity contribution in [3.63, 3.8) is 0 Å². The molecule has 0 unspecified atom stereocenters. The molecule has 0 saturated carbocycles. The van der Waals surface area contributed by atoms with Crippen molar-refractivity contribution in [2.75, 3.05) is 23.5 Å². The largest absolute Gasteiger partial charge is 0.497 e. The maximum Gasteiger partial charge on any atom is 0.240 e. The summed E-state index contributed by atoms with van der Waals surface area (Å²) in [6.45, 7) is 7.02. The molecular formula is C27H27BrN2O2S. The molecule has 3 aromatic rings. The lowest BCUT2D eigenvalue weighted by molar-refractivity contribution is -0.123. The van der Waals surface area contributed by atoms with Crippen molar-refractivity contribution < 1.29 is 9.53 Å². The Bertz CT molecular complexity index is 1180. The summed E-state index contributed by atoms with van der Waals surface area (Å²) in [5.74, 6) is 1.01. The summed E-state index contributed by atoms with van der Waals surface area (Å²) in [6, 6.07) is 18.5. The molecule has 2 aromatic carbocycles. The smallest absolute Gasteiger partial charge is 0.240 e. The third-order valence-corrected chi connectivity index (χ3v) is 8.31. The number of ether oxygens (including phenoxy) is 1. The van der Waals surface area contributed by atoms with Crippen LogP contribution in [0.25, 0.3) is 0 Å². The Labute approximate surface area is 207 Å². The molecule has 0 bridgehead atoms. The predicted molar refractivity (Wildman–Crippen MR) is 140 cm³/mol. The van der Waals surface area contributed by atoms with Crippen molar-refractivity contribution in [1.82, 2.24) is 0 Å². The summed E-state index contributed by atoms with van der Waals surface area (Å²) in [7, 11) is 1.68. The van der Waals surface area contributed by atoms with Gasteiger partial charge < -0.3 is 14.5 Å². The van der Waals surface area contributed by atoms with Gasteiger partial charge in [-0.3, -0.25) is 4.79 Å². The summed E-state index contributed by atoms with van der Waals surface area (Å²) in [6.07, 6.45) is 3.59. The number of methoxy groups -OCH3 is 1. The maximum absolute atomic E-state index is 14.4. The zero-order valence-corrected chi connectivity index (χ0v) is 21.2. The van der Waals surface area contributed by atoms with Gasteiger partial charge in [0, 0.05) is 33.3 Å². The molecule has 170 valence electrons. The van der Waals surface area contributed by atoms with Crippen LogP contribution in [0.4, 0.5) is 11.4 Å². The summed E-state index contributed by atoms with van der Waals surface area (Å²) in [5.41, 5.74) is 2.52. The Kier molecular flexibility index (Phi) is 5.83. The molecule has 4 nitrogen and oxygen atoms in total. The quantitative estimate of drug-likeness (QED) is 0.337. The third-order valence-electron chi connectivity index (χ3n) is 6.89. The summed E-state index contributed by atoms with van der Waals surface area (Å²) < 4.78 is 6.39. The number of carbonyl (C=O) groups is 1. The molecule has 2 aliphatic rings. The van der Waals surface area contributed by atoms with Gasteiger partial charge in [-0.25, -0.2) is 0 Å². The number of hydrogen-bond donors (Lipinski definition) is 0. The Morgan fingerprint density at radius 1 is 1.24 bits per heavy atom. The number of benzene rings is 2. The van der Waals surface area contributed by atoms with Gasteiger partial charge in [-0.1, -0.05) is 35.0 Å². The lowest BCUT2D eigenvalue weighted by Crippen LogP contribution is -2.44. The van der Waals surface area contributed by atoms with E-state index in [0.717, 1.165) is 33.6 Å². The molecule has 1 amide bonds. The number of thiophene rings is 1. The highest BCUT2D eigenvalue weighted by atomic mass is 79.9. The fraction of sp³-hybridized carbons (Fsp3) is 0.296. The van der Waals surface area contributed by atoms with Crippen LogP contribution in [-0.4, -0.2) is 25.6 Å². The zero-order valence-electron chi connectivity index (χ0n) is 18.8. The molecule has 3 atom stereocenters. The van der Waals surface area contributed by atoms with Crippen LogP contribution in [0, 0.1) is 0 Å². The zero-order chi connectivity index (χ0) is 23.2. The molecule has 1 spiro atoms. The van der Waals surface area contributed by atoms with E-state index in [1.807, 2.05) is 29.2 Å². The number of carbonyl (C=O) groups excluding carboxylic acids is 1. The topological polar surface area (TPSA) is 32.8 Å². The summed E-state index contributed by atoms with van der Waals surface area (Å²) in [4.78, 5) is 19.9. The highest BCUT2D eigenvalue weighted by Crippen LogP contribution is 2.60. The minimum Gasteiger partial charge on any atom is -0.497 e. The lowest BCUT2D eigenvalue weighted by Gasteiger charge is -2.36. The van der Waals surface area contributed by atoms with Gasteiger partial charge in [-0.05, 0) is 72.3 Å². The van der Waals surface area contributed by atoms with Gasteiger partial charge in [0.05, 0.1) is 13.2 Å². The van der Waals surface area contributed by atoms with E-state index in [4.69, 9.17) is 4.74 Å². The Balaban J connectivity index is 1.75. The molecule has 1 saturated heterocycles. The van der Waals surface area contributed by atoms with Crippen LogP contribution in [0.2, 0.25) is 0 Å². The van der Waals surface area contributed by atoms with Gasteiger partial charge in [-0.2, -0.15) is 0 Å². The molecule has 1 aromatic heterocycles. The van der Waals surface area contributed by atoms with Crippen LogP contribution >= 0.6 is 27.3 Å². The molecule has 2 aliphatic heterocycles. The second kappa shape index (κ2) is 8.65. The summed E-state index contributed by atoms with van der Waals surface area (Å²) in [5, 5.41) is 2.10. The first-order chi connectivity index (χ1) is 16.0. The molecule has 0 aliphatic carbocycles. The lowest BCUT2D eigenvalue weighted by atomic mass is 9.73. The number of amides is 1. The standard InChI is InChI=1S/C27H27BrN2O2S/c1-4-14-29-23-13-8-18(28)16-22(23)27(26(29)31)17-19(5-2)30(25(27)24-7-6-15-33-24)20-9-11-21(32-3)12-10-20/h5-13,15-16,19,25H,2,4,14,17H2,1,3H3/t19-,25+,27+/m1/s1. The van der Waals surface area contributed by atoms with Gasteiger partial charge in [0.25, 0.3) is 0 Å². The third kappa shape index (κ3) is 3.34. The van der Waals surface area contributed by atoms with E-state index in [0.29, 0.717) is 13.0 Å². The van der Waals surface area contributed by atoms with E-state index in [2.05, 4.69) is 76.1 Å². The van der Waals surface area contributed by atoms with E-state index in [-0.39, 0.29) is 18.0 Å². The average molecular weight is 523 g/mol. The van der Waals surface area contributed by atoms with Crippen molar-refractivity contribution in [2.24, 2.45) is 0 Å². The van der Waals surface area contributed by atoms with Crippen molar-refractivity contribution in [1.29, 1.82) is 0 Å². The Hall–Kier alpha value is -2.57. The Morgan fingerprint density at radius 3 is 2.67 bits per heavy atom. The number of hydrogen-bond acceptors (Lipinski definition) is 4. The predicted octanol–water partition coefficient (Wildman–Crippen LogP) is 6.72.